The summed E-state index contributed by atoms with van der Waals surface area (Å²) in [7, 11) is 1.61. The van der Waals surface area contributed by atoms with Gasteiger partial charge in [0.15, 0.2) is 10.3 Å². The molecular formula is C23H20N4O4S2. The van der Waals surface area contributed by atoms with Crippen LogP contribution in [-0.4, -0.2) is 38.8 Å². The minimum atomic E-state index is -0.432. The Balaban J connectivity index is 1.35. The summed E-state index contributed by atoms with van der Waals surface area (Å²) >= 11 is 2.34. The molecule has 1 amide bonds. The number of nitrogens with zero attached hydrogens (tertiary/aromatic N) is 2. The van der Waals surface area contributed by atoms with Crippen molar-refractivity contribution in [2.75, 3.05) is 18.2 Å². The van der Waals surface area contributed by atoms with Crippen molar-refractivity contribution in [1.82, 2.24) is 15.0 Å². The lowest BCUT2D eigenvalue weighted by Gasteiger charge is -2.06. The number of hydrogen-bond donors (Lipinski definition) is 3. The minimum absolute atomic E-state index is 0.00212. The highest BCUT2D eigenvalue weighted by atomic mass is 32.2. The molecule has 0 bridgehead atoms. The van der Waals surface area contributed by atoms with Gasteiger partial charge in [0.05, 0.1) is 24.1 Å². The molecule has 0 aliphatic heterocycles. The van der Waals surface area contributed by atoms with Crippen molar-refractivity contribution in [2.45, 2.75) is 11.6 Å². The first-order valence-electron chi connectivity index (χ1n) is 9.90. The van der Waals surface area contributed by atoms with Crippen molar-refractivity contribution < 1.29 is 14.6 Å². The topological polar surface area (TPSA) is 117 Å². The summed E-state index contributed by atoms with van der Waals surface area (Å²) in [5.74, 6) is 0.115. The lowest BCUT2D eigenvalue weighted by molar-refractivity contribution is -0.113. The van der Waals surface area contributed by atoms with Crippen LogP contribution in [0.3, 0.4) is 0 Å². The number of ether oxygens (including phenoxy) is 1. The fourth-order valence-corrected chi connectivity index (χ4v) is 4.40. The van der Waals surface area contributed by atoms with Gasteiger partial charge in [0.1, 0.15) is 5.75 Å². The van der Waals surface area contributed by atoms with Gasteiger partial charge < -0.3 is 20.1 Å². The molecule has 33 heavy (non-hydrogen) atoms. The van der Waals surface area contributed by atoms with E-state index < -0.39 is 5.56 Å². The number of aromatic nitrogens is 3. The molecule has 8 nitrogen and oxygen atoms in total. The summed E-state index contributed by atoms with van der Waals surface area (Å²) in [4.78, 5) is 35.8. The second-order valence-corrected chi connectivity index (χ2v) is 8.76. The van der Waals surface area contributed by atoms with Gasteiger partial charge in [-0.1, -0.05) is 42.1 Å². The number of amides is 1. The highest BCUT2D eigenvalue weighted by Gasteiger charge is 2.14. The van der Waals surface area contributed by atoms with E-state index in [1.54, 1.807) is 7.11 Å². The lowest BCUT2D eigenvalue weighted by Crippen LogP contribution is -2.17. The minimum Gasteiger partial charge on any atom is -0.497 e. The number of aromatic hydroxyl groups is 1. The van der Waals surface area contributed by atoms with E-state index in [1.807, 2.05) is 60.0 Å². The maximum absolute atomic E-state index is 12.4. The van der Waals surface area contributed by atoms with E-state index in [-0.39, 0.29) is 34.7 Å². The van der Waals surface area contributed by atoms with Gasteiger partial charge >= 0.3 is 0 Å². The largest absolute Gasteiger partial charge is 0.497 e. The van der Waals surface area contributed by atoms with Gasteiger partial charge in [0.2, 0.25) is 11.8 Å². The lowest BCUT2D eigenvalue weighted by atomic mass is 10.1. The summed E-state index contributed by atoms with van der Waals surface area (Å²) in [6, 6.07) is 16.8. The number of nitrogens with one attached hydrogen (secondary N) is 2. The number of carbonyl (C=O) groups excluding carboxylic acids is 1. The Morgan fingerprint density at radius 2 is 1.91 bits per heavy atom. The number of methoxy groups -OCH3 is 1. The average molecular weight is 481 g/mol. The van der Waals surface area contributed by atoms with Crippen LogP contribution in [0.1, 0.15) is 11.1 Å². The molecule has 4 aromatic rings. The quantitative estimate of drug-likeness (QED) is 0.258. The number of anilines is 1. The van der Waals surface area contributed by atoms with E-state index in [2.05, 4.69) is 20.3 Å². The molecule has 0 aliphatic rings. The molecule has 4 rings (SSSR count). The molecule has 10 heteroatoms. The SMILES string of the molecule is COc1ccc(-c2csc(NC(=O)CSc3nc(O)c(Cc4ccccc4)c(=O)[nH]3)n2)cc1. The highest BCUT2D eigenvalue weighted by molar-refractivity contribution is 7.99. The Kier molecular flexibility index (Phi) is 7.06. The fourth-order valence-electron chi connectivity index (χ4n) is 3.01. The number of benzene rings is 2. The highest BCUT2D eigenvalue weighted by Crippen LogP contribution is 2.27. The number of rotatable bonds is 8. The summed E-state index contributed by atoms with van der Waals surface area (Å²) < 4.78 is 5.15. The molecule has 0 spiro atoms. The van der Waals surface area contributed by atoms with Gasteiger partial charge in [0, 0.05) is 17.4 Å². The molecule has 2 aromatic carbocycles. The Labute approximate surface area is 197 Å². The maximum Gasteiger partial charge on any atom is 0.258 e. The zero-order valence-electron chi connectivity index (χ0n) is 17.6. The van der Waals surface area contributed by atoms with E-state index >= 15 is 0 Å². The van der Waals surface area contributed by atoms with Crippen LogP contribution in [0.15, 0.2) is 69.9 Å². The summed E-state index contributed by atoms with van der Waals surface area (Å²) in [6.07, 6.45) is 0.265. The Hall–Kier alpha value is -3.63. The summed E-state index contributed by atoms with van der Waals surface area (Å²) in [5, 5.41) is 15.4. The third kappa shape index (κ3) is 5.79. The number of thioether (sulfide) groups is 1. The van der Waals surface area contributed by atoms with Crippen molar-refractivity contribution in [1.29, 1.82) is 0 Å². The molecule has 0 saturated carbocycles. The molecule has 0 aliphatic carbocycles. The van der Waals surface area contributed by atoms with E-state index in [0.717, 1.165) is 34.3 Å². The van der Waals surface area contributed by atoms with Gasteiger partial charge in [0.25, 0.3) is 5.56 Å². The van der Waals surface area contributed by atoms with Crippen LogP contribution in [0.5, 0.6) is 11.6 Å². The van der Waals surface area contributed by atoms with E-state index in [4.69, 9.17) is 4.74 Å². The van der Waals surface area contributed by atoms with E-state index in [1.165, 1.54) is 11.3 Å². The van der Waals surface area contributed by atoms with Crippen molar-refractivity contribution >= 4 is 34.1 Å². The van der Waals surface area contributed by atoms with Gasteiger partial charge in [-0.3, -0.25) is 9.59 Å². The third-order valence-corrected chi connectivity index (χ3v) is 6.30. The molecule has 0 unspecified atom stereocenters. The molecule has 3 N–H and O–H groups in total. The van der Waals surface area contributed by atoms with Crippen LogP contribution in [0.4, 0.5) is 5.13 Å². The standard InChI is InChI=1S/C23H20N4O4S2/c1-31-16-9-7-15(8-10-16)18-12-32-22(24-18)25-19(28)13-33-23-26-20(29)17(21(30)27-23)11-14-5-3-2-4-6-14/h2-10,12H,11,13H2,1H3,(H,24,25,28)(H2,26,27,29,30). The molecule has 0 atom stereocenters. The predicted molar refractivity (Wildman–Crippen MR) is 129 cm³/mol. The van der Waals surface area contributed by atoms with Gasteiger partial charge in [-0.15, -0.1) is 11.3 Å². The number of thiazole rings is 1. The monoisotopic (exact) mass is 480 g/mol. The van der Waals surface area contributed by atoms with Crippen molar-refractivity contribution in [2.24, 2.45) is 0 Å². The van der Waals surface area contributed by atoms with Crippen LogP contribution < -0.4 is 15.6 Å². The van der Waals surface area contributed by atoms with Crippen molar-refractivity contribution in [3.8, 4) is 22.9 Å². The van der Waals surface area contributed by atoms with Crippen molar-refractivity contribution in [3.63, 3.8) is 0 Å². The smallest absolute Gasteiger partial charge is 0.258 e. The first-order chi connectivity index (χ1) is 16.0. The van der Waals surface area contributed by atoms with Crippen LogP contribution in [-0.2, 0) is 11.2 Å². The zero-order chi connectivity index (χ0) is 23.2. The van der Waals surface area contributed by atoms with Crippen molar-refractivity contribution in [3.05, 3.63) is 81.5 Å². The Morgan fingerprint density at radius 1 is 1.15 bits per heavy atom. The first kappa shape index (κ1) is 22.6. The van der Waals surface area contributed by atoms with Gasteiger partial charge in [-0.2, -0.15) is 4.98 Å². The van der Waals surface area contributed by atoms with Crippen LogP contribution in [0.25, 0.3) is 11.3 Å². The molecule has 2 aromatic heterocycles. The molecule has 168 valence electrons. The predicted octanol–water partition coefficient (Wildman–Crippen LogP) is 3.93. The number of H-pyrrole nitrogens is 1. The molecule has 0 radical (unpaired) electrons. The van der Waals surface area contributed by atoms with E-state index in [9.17, 15) is 14.7 Å². The second kappa shape index (κ2) is 10.3. The Bertz CT molecular complexity index is 1300. The third-order valence-electron chi connectivity index (χ3n) is 4.67. The zero-order valence-corrected chi connectivity index (χ0v) is 19.2. The molecule has 0 saturated heterocycles. The normalized spacial score (nSPS) is 10.7. The number of carbonyl (C=O) groups is 1. The van der Waals surface area contributed by atoms with Gasteiger partial charge in [-0.05, 0) is 29.8 Å². The van der Waals surface area contributed by atoms with Crippen LogP contribution in [0.2, 0.25) is 0 Å². The van der Waals surface area contributed by atoms with E-state index in [0.29, 0.717) is 5.13 Å². The summed E-state index contributed by atoms with van der Waals surface area (Å²) in [5.41, 5.74) is 2.30. The second-order valence-electron chi connectivity index (χ2n) is 6.94. The molecule has 2 heterocycles. The molecular weight excluding hydrogens is 460 g/mol. The number of aromatic amines is 1. The van der Waals surface area contributed by atoms with Gasteiger partial charge in [-0.25, -0.2) is 4.98 Å². The first-order valence-corrected chi connectivity index (χ1v) is 11.8. The van der Waals surface area contributed by atoms with Crippen LogP contribution in [0, 0.1) is 0 Å². The fraction of sp³-hybridized carbons (Fsp3) is 0.130. The van der Waals surface area contributed by atoms with Crippen LogP contribution >= 0.6 is 23.1 Å². The maximum atomic E-state index is 12.4. The number of hydrogen-bond acceptors (Lipinski definition) is 8. The molecule has 0 fully saturated rings. The Morgan fingerprint density at radius 3 is 2.61 bits per heavy atom. The summed E-state index contributed by atoms with van der Waals surface area (Å²) in [6.45, 7) is 0. The average Bonchev–Trinajstić information content (AvgIpc) is 3.29.